The molecule has 0 bridgehead atoms. The third-order valence-corrected chi connectivity index (χ3v) is 3.24. The van der Waals surface area contributed by atoms with E-state index >= 15 is 0 Å². The Bertz CT molecular complexity index is 328. The van der Waals surface area contributed by atoms with E-state index in [4.69, 9.17) is 4.74 Å². The van der Waals surface area contributed by atoms with Crippen molar-refractivity contribution in [2.24, 2.45) is 0 Å². The monoisotopic (exact) mass is 350 g/mol. The van der Waals surface area contributed by atoms with Crippen molar-refractivity contribution in [2.75, 3.05) is 6.61 Å². The van der Waals surface area contributed by atoms with Crippen LogP contribution in [0.25, 0.3) is 0 Å². The van der Waals surface area contributed by atoms with E-state index in [1.165, 1.54) is 5.56 Å². The summed E-state index contributed by atoms with van der Waals surface area (Å²) in [6, 6.07) is 4.12. The maximum Gasteiger partial charge on any atom is 0.147 e. The Morgan fingerprint density at radius 3 is 2.31 bits per heavy atom. The van der Waals surface area contributed by atoms with Crippen LogP contribution in [0.3, 0.4) is 0 Å². The molecular weight excluding hydrogens is 336 g/mol. The normalized spacial score (nSPS) is 12.6. The van der Waals surface area contributed by atoms with E-state index in [1.807, 2.05) is 0 Å². The zero-order valence-corrected chi connectivity index (χ0v) is 12.6. The summed E-state index contributed by atoms with van der Waals surface area (Å²) in [6.45, 7) is 4.15. The van der Waals surface area contributed by atoms with Gasteiger partial charge in [0, 0.05) is 0 Å². The van der Waals surface area contributed by atoms with Gasteiger partial charge in [-0.25, -0.2) is 0 Å². The molecule has 4 heteroatoms. The smallest absolute Gasteiger partial charge is 0.147 e. The van der Waals surface area contributed by atoms with E-state index in [1.54, 1.807) is 6.92 Å². The van der Waals surface area contributed by atoms with Crippen LogP contribution in [-0.4, -0.2) is 17.8 Å². The molecule has 1 atom stereocenters. The van der Waals surface area contributed by atoms with Crippen molar-refractivity contribution in [3.05, 3.63) is 26.6 Å². The third kappa shape index (κ3) is 4.07. The van der Waals surface area contributed by atoms with Gasteiger partial charge in [0.1, 0.15) is 12.4 Å². The van der Waals surface area contributed by atoms with Crippen molar-refractivity contribution in [1.82, 2.24) is 0 Å². The molecule has 0 fully saturated rings. The summed E-state index contributed by atoms with van der Waals surface area (Å²) in [6.07, 6.45) is 1.70. The first-order chi connectivity index (χ1) is 7.54. The van der Waals surface area contributed by atoms with Crippen LogP contribution in [0.2, 0.25) is 0 Å². The molecule has 1 aromatic carbocycles. The van der Waals surface area contributed by atoms with Crippen molar-refractivity contribution in [1.29, 1.82) is 0 Å². The van der Waals surface area contributed by atoms with Gasteiger partial charge >= 0.3 is 0 Å². The van der Waals surface area contributed by atoms with Crippen LogP contribution in [0.5, 0.6) is 5.75 Å². The number of benzene rings is 1. The fourth-order valence-corrected chi connectivity index (χ4v) is 2.90. The second-order valence-electron chi connectivity index (χ2n) is 3.80. The van der Waals surface area contributed by atoms with Gasteiger partial charge in [-0.15, -0.1) is 0 Å². The van der Waals surface area contributed by atoms with Gasteiger partial charge < -0.3 is 9.84 Å². The first kappa shape index (κ1) is 14.0. The minimum Gasteiger partial charge on any atom is -0.489 e. The van der Waals surface area contributed by atoms with Gasteiger partial charge in [0.05, 0.1) is 15.0 Å². The Hall–Kier alpha value is -0.0600. The highest BCUT2D eigenvalue weighted by Gasteiger charge is 2.09. The number of hydrogen-bond acceptors (Lipinski definition) is 2. The molecule has 0 saturated carbocycles. The molecule has 0 heterocycles. The predicted octanol–water partition coefficient (Wildman–Crippen LogP) is 3.92. The zero-order valence-electron chi connectivity index (χ0n) is 9.46. The molecule has 1 aromatic rings. The fourth-order valence-electron chi connectivity index (χ4n) is 1.39. The highest BCUT2D eigenvalue weighted by molar-refractivity contribution is 9.11. The number of rotatable bonds is 5. The number of ether oxygens (including phenoxy) is 1. The predicted molar refractivity (Wildman–Crippen MR) is 73.0 cm³/mol. The summed E-state index contributed by atoms with van der Waals surface area (Å²) in [7, 11) is 0. The van der Waals surface area contributed by atoms with E-state index < -0.39 is 6.10 Å². The van der Waals surface area contributed by atoms with Gasteiger partial charge in [-0.2, -0.15) is 0 Å². The maximum absolute atomic E-state index is 9.18. The molecule has 0 spiro atoms. The van der Waals surface area contributed by atoms with Crippen molar-refractivity contribution < 1.29 is 9.84 Å². The Morgan fingerprint density at radius 2 is 1.88 bits per heavy atom. The molecule has 1 rings (SSSR count). The minimum absolute atomic E-state index is 0.296. The Balaban J connectivity index is 2.85. The van der Waals surface area contributed by atoms with E-state index in [0.29, 0.717) is 6.61 Å². The summed E-state index contributed by atoms with van der Waals surface area (Å²) in [4.78, 5) is 0. The van der Waals surface area contributed by atoms with E-state index in [-0.39, 0.29) is 0 Å². The van der Waals surface area contributed by atoms with Crippen molar-refractivity contribution >= 4 is 31.9 Å². The Kier molecular flexibility index (Phi) is 5.79. The van der Waals surface area contributed by atoms with Crippen LogP contribution in [0.1, 0.15) is 25.8 Å². The summed E-state index contributed by atoms with van der Waals surface area (Å²) < 4.78 is 7.36. The Morgan fingerprint density at radius 1 is 1.31 bits per heavy atom. The van der Waals surface area contributed by atoms with E-state index in [2.05, 4.69) is 50.9 Å². The topological polar surface area (TPSA) is 29.5 Å². The van der Waals surface area contributed by atoms with Crippen LogP contribution in [-0.2, 0) is 6.42 Å². The average molecular weight is 352 g/mol. The highest BCUT2D eigenvalue weighted by Crippen LogP contribution is 2.35. The van der Waals surface area contributed by atoms with Gasteiger partial charge in [0.25, 0.3) is 0 Å². The molecule has 0 saturated heterocycles. The number of aryl methyl sites for hydroxylation is 1. The molecule has 90 valence electrons. The van der Waals surface area contributed by atoms with Crippen LogP contribution < -0.4 is 4.74 Å². The van der Waals surface area contributed by atoms with Gasteiger partial charge in [-0.05, 0) is 62.9 Å². The SMILES string of the molecule is CCCc1cc(Br)c(OCC(C)O)c(Br)c1. The molecule has 0 aromatic heterocycles. The van der Waals surface area contributed by atoms with Gasteiger partial charge in [0.2, 0.25) is 0 Å². The van der Waals surface area contributed by atoms with E-state index in [0.717, 1.165) is 27.5 Å². The lowest BCUT2D eigenvalue weighted by molar-refractivity contribution is 0.122. The lowest BCUT2D eigenvalue weighted by Gasteiger charge is -2.13. The zero-order chi connectivity index (χ0) is 12.1. The van der Waals surface area contributed by atoms with Gasteiger partial charge in [-0.3, -0.25) is 0 Å². The second kappa shape index (κ2) is 6.62. The molecule has 1 N–H and O–H groups in total. The molecule has 0 amide bonds. The lowest BCUT2D eigenvalue weighted by atomic mass is 10.1. The van der Waals surface area contributed by atoms with Gasteiger partial charge in [0.15, 0.2) is 0 Å². The number of halogens is 2. The van der Waals surface area contributed by atoms with Crippen LogP contribution in [0.4, 0.5) is 0 Å². The number of aliphatic hydroxyl groups excluding tert-OH is 1. The summed E-state index contributed by atoms with van der Waals surface area (Å²) in [5.74, 6) is 0.751. The van der Waals surface area contributed by atoms with Crippen LogP contribution in [0, 0.1) is 0 Å². The molecule has 2 nitrogen and oxygen atoms in total. The van der Waals surface area contributed by atoms with E-state index in [9.17, 15) is 5.11 Å². The Labute approximate surface area is 113 Å². The summed E-state index contributed by atoms with van der Waals surface area (Å²) in [5.41, 5.74) is 1.27. The number of hydrogen-bond donors (Lipinski definition) is 1. The highest BCUT2D eigenvalue weighted by atomic mass is 79.9. The minimum atomic E-state index is -0.464. The average Bonchev–Trinajstić information content (AvgIpc) is 2.16. The lowest BCUT2D eigenvalue weighted by Crippen LogP contribution is -2.13. The third-order valence-electron chi connectivity index (χ3n) is 2.07. The quantitative estimate of drug-likeness (QED) is 0.871. The molecule has 16 heavy (non-hydrogen) atoms. The summed E-state index contributed by atoms with van der Waals surface area (Å²) >= 11 is 6.96. The molecule has 0 radical (unpaired) electrons. The van der Waals surface area contributed by atoms with Crippen LogP contribution >= 0.6 is 31.9 Å². The standard InChI is InChI=1S/C12H16Br2O2/c1-3-4-9-5-10(13)12(11(14)6-9)16-7-8(2)15/h5-6,8,15H,3-4,7H2,1-2H3. The number of aliphatic hydroxyl groups is 1. The van der Waals surface area contributed by atoms with Gasteiger partial charge in [-0.1, -0.05) is 13.3 Å². The fraction of sp³-hybridized carbons (Fsp3) is 0.500. The first-order valence-electron chi connectivity index (χ1n) is 5.33. The van der Waals surface area contributed by atoms with Crippen molar-refractivity contribution in [3.8, 4) is 5.75 Å². The largest absolute Gasteiger partial charge is 0.489 e. The summed E-state index contributed by atoms with van der Waals surface area (Å²) in [5, 5.41) is 9.18. The first-order valence-corrected chi connectivity index (χ1v) is 6.92. The van der Waals surface area contributed by atoms with Crippen LogP contribution in [0.15, 0.2) is 21.1 Å². The molecule has 0 aliphatic heterocycles. The molecule has 0 aliphatic rings. The van der Waals surface area contributed by atoms with Crippen molar-refractivity contribution in [3.63, 3.8) is 0 Å². The maximum atomic E-state index is 9.18. The molecular formula is C12H16Br2O2. The molecule has 1 unspecified atom stereocenters. The second-order valence-corrected chi connectivity index (χ2v) is 5.51. The van der Waals surface area contributed by atoms with Crippen molar-refractivity contribution in [2.45, 2.75) is 32.8 Å². The molecule has 0 aliphatic carbocycles.